The molecule has 0 saturated carbocycles. The molecule has 2 aromatic heterocycles. The highest BCUT2D eigenvalue weighted by atomic mass is 32.1. The van der Waals surface area contributed by atoms with Crippen LogP contribution in [0.5, 0.6) is 5.75 Å². The van der Waals surface area contributed by atoms with Crippen molar-refractivity contribution in [2.45, 2.75) is 6.92 Å². The maximum Gasteiger partial charge on any atom is 0.255 e. The van der Waals surface area contributed by atoms with Gasteiger partial charge in [-0.05, 0) is 37.3 Å². The molecular formula is C20H17N3O2S. The Morgan fingerprint density at radius 1 is 1.15 bits per heavy atom. The van der Waals surface area contributed by atoms with Crippen molar-refractivity contribution in [2.24, 2.45) is 0 Å². The third-order valence-corrected chi connectivity index (χ3v) is 4.93. The first-order valence-electron chi connectivity index (χ1n) is 8.13. The number of fused-ring (bicyclic) bond motifs is 1. The van der Waals surface area contributed by atoms with Gasteiger partial charge in [0.2, 0.25) is 0 Å². The van der Waals surface area contributed by atoms with Gasteiger partial charge in [0.05, 0.1) is 12.8 Å². The van der Waals surface area contributed by atoms with E-state index in [1.165, 1.54) is 4.88 Å². The Kier molecular flexibility index (Phi) is 4.18. The minimum atomic E-state index is -0.178. The standard InChI is InChI=1S/C20H17N3O2S/c1-13-11-23-12-18(22-20(23)26-13)14-5-3-7-16(9-14)21-19(24)15-6-4-8-17(10-15)25-2/h3-12H,1-2H3,(H,21,24). The van der Waals surface area contributed by atoms with Crippen LogP contribution in [0.4, 0.5) is 5.69 Å². The number of amides is 1. The summed E-state index contributed by atoms with van der Waals surface area (Å²) in [5, 5.41) is 2.93. The van der Waals surface area contributed by atoms with E-state index in [-0.39, 0.29) is 5.91 Å². The Hall–Kier alpha value is -3.12. The van der Waals surface area contributed by atoms with Gasteiger partial charge in [-0.1, -0.05) is 18.2 Å². The molecule has 0 unspecified atom stereocenters. The summed E-state index contributed by atoms with van der Waals surface area (Å²) in [7, 11) is 1.58. The third kappa shape index (κ3) is 3.19. The fraction of sp³-hybridized carbons (Fsp3) is 0.100. The highest BCUT2D eigenvalue weighted by Crippen LogP contribution is 2.26. The summed E-state index contributed by atoms with van der Waals surface area (Å²) in [6.45, 7) is 2.06. The molecule has 2 heterocycles. The third-order valence-electron chi connectivity index (χ3n) is 4.02. The van der Waals surface area contributed by atoms with Crippen LogP contribution in [0.15, 0.2) is 60.9 Å². The van der Waals surface area contributed by atoms with Crippen LogP contribution >= 0.6 is 11.3 Å². The molecule has 26 heavy (non-hydrogen) atoms. The van der Waals surface area contributed by atoms with E-state index in [2.05, 4.69) is 23.4 Å². The predicted molar refractivity (Wildman–Crippen MR) is 104 cm³/mol. The predicted octanol–water partition coefficient (Wildman–Crippen LogP) is 4.63. The lowest BCUT2D eigenvalue weighted by atomic mass is 10.1. The topological polar surface area (TPSA) is 55.6 Å². The van der Waals surface area contributed by atoms with Gasteiger partial charge in [-0.3, -0.25) is 9.20 Å². The zero-order valence-electron chi connectivity index (χ0n) is 14.4. The minimum Gasteiger partial charge on any atom is -0.497 e. The number of hydrogen-bond donors (Lipinski definition) is 1. The Morgan fingerprint density at radius 3 is 2.81 bits per heavy atom. The Morgan fingerprint density at radius 2 is 2.00 bits per heavy atom. The Balaban J connectivity index is 1.58. The first-order chi connectivity index (χ1) is 12.6. The van der Waals surface area contributed by atoms with Crippen LogP contribution in [0.25, 0.3) is 16.2 Å². The molecule has 0 spiro atoms. The first-order valence-corrected chi connectivity index (χ1v) is 8.95. The average molecular weight is 363 g/mol. The summed E-state index contributed by atoms with van der Waals surface area (Å²) in [5.74, 6) is 0.474. The molecule has 0 fully saturated rings. The van der Waals surface area contributed by atoms with Crippen LogP contribution in [-0.4, -0.2) is 22.4 Å². The number of imidazole rings is 1. The van der Waals surface area contributed by atoms with E-state index in [9.17, 15) is 4.79 Å². The SMILES string of the molecule is COc1cccc(C(=O)Nc2cccc(-c3cn4cc(C)sc4n3)c2)c1. The van der Waals surface area contributed by atoms with Crippen LogP contribution in [0.3, 0.4) is 0 Å². The van der Waals surface area contributed by atoms with Gasteiger partial charge in [-0.2, -0.15) is 0 Å². The van der Waals surface area contributed by atoms with E-state index in [1.807, 2.05) is 40.9 Å². The van der Waals surface area contributed by atoms with E-state index in [4.69, 9.17) is 4.74 Å². The van der Waals surface area contributed by atoms with E-state index in [0.29, 0.717) is 11.3 Å². The van der Waals surface area contributed by atoms with Crippen molar-refractivity contribution in [3.8, 4) is 17.0 Å². The molecule has 5 nitrogen and oxygen atoms in total. The summed E-state index contributed by atoms with van der Waals surface area (Å²) >= 11 is 1.65. The van der Waals surface area contributed by atoms with Gasteiger partial charge in [0.15, 0.2) is 4.96 Å². The normalized spacial score (nSPS) is 10.8. The second-order valence-electron chi connectivity index (χ2n) is 5.92. The van der Waals surface area contributed by atoms with E-state index >= 15 is 0 Å². The van der Waals surface area contributed by atoms with Gasteiger partial charge < -0.3 is 10.1 Å². The summed E-state index contributed by atoms with van der Waals surface area (Å²) in [4.78, 5) is 19.3. The maximum absolute atomic E-state index is 12.5. The number of carbonyl (C=O) groups is 1. The van der Waals surface area contributed by atoms with Crippen LogP contribution in [0, 0.1) is 6.92 Å². The minimum absolute atomic E-state index is 0.178. The van der Waals surface area contributed by atoms with Crippen LogP contribution in [-0.2, 0) is 0 Å². The number of anilines is 1. The Bertz CT molecular complexity index is 1070. The molecular weight excluding hydrogens is 346 g/mol. The summed E-state index contributed by atoms with van der Waals surface area (Å²) < 4.78 is 7.20. The molecule has 0 aliphatic rings. The number of aryl methyl sites for hydroxylation is 1. The average Bonchev–Trinajstić information content (AvgIpc) is 3.19. The number of nitrogens with zero attached hydrogens (tertiary/aromatic N) is 2. The Labute approximate surface area is 154 Å². The highest BCUT2D eigenvalue weighted by molar-refractivity contribution is 7.17. The number of rotatable bonds is 4. The van der Waals surface area contributed by atoms with Gasteiger partial charge >= 0.3 is 0 Å². The van der Waals surface area contributed by atoms with E-state index < -0.39 is 0 Å². The number of nitrogens with one attached hydrogen (secondary N) is 1. The quantitative estimate of drug-likeness (QED) is 0.575. The van der Waals surface area contributed by atoms with Crippen molar-refractivity contribution in [1.29, 1.82) is 0 Å². The summed E-state index contributed by atoms with van der Waals surface area (Å²) in [5.41, 5.74) is 3.12. The lowest BCUT2D eigenvalue weighted by Gasteiger charge is -2.08. The van der Waals surface area contributed by atoms with Gasteiger partial charge in [0, 0.05) is 34.1 Å². The molecule has 4 rings (SSSR count). The van der Waals surface area contributed by atoms with Crippen LogP contribution in [0.2, 0.25) is 0 Å². The second kappa shape index (κ2) is 6.65. The van der Waals surface area contributed by atoms with Crippen molar-refractivity contribution in [3.05, 3.63) is 71.4 Å². The lowest BCUT2D eigenvalue weighted by Crippen LogP contribution is -2.11. The number of benzene rings is 2. The number of thiazole rings is 1. The molecule has 0 atom stereocenters. The van der Waals surface area contributed by atoms with E-state index in [1.54, 1.807) is 36.6 Å². The number of aromatic nitrogens is 2. The summed E-state index contributed by atoms with van der Waals surface area (Å²) in [6.07, 6.45) is 4.06. The van der Waals surface area contributed by atoms with Crippen molar-refractivity contribution >= 4 is 27.9 Å². The molecule has 0 bridgehead atoms. The fourth-order valence-corrected chi connectivity index (χ4v) is 3.58. The number of carbonyl (C=O) groups excluding carboxylic acids is 1. The molecule has 0 aliphatic carbocycles. The van der Waals surface area contributed by atoms with E-state index in [0.717, 1.165) is 21.9 Å². The first kappa shape index (κ1) is 16.4. The van der Waals surface area contributed by atoms with Crippen molar-refractivity contribution in [2.75, 3.05) is 12.4 Å². The van der Waals surface area contributed by atoms with Crippen LogP contribution < -0.4 is 10.1 Å². The number of hydrogen-bond acceptors (Lipinski definition) is 4. The zero-order valence-corrected chi connectivity index (χ0v) is 15.2. The maximum atomic E-state index is 12.5. The van der Waals surface area contributed by atoms with Gasteiger partial charge in [0.25, 0.3) is 5.91 Å². The molecule has 1 N–H and O–H groups in total. The van der Waals surface area contributed by atoms with Crippen LogP contribution in [0.1, 0.15) is 15.2 Å². The second-order valence-corrected chi connectivity index (χ2v) is 7.14. The smallest absolute Gasteiger partial charge is 0.255 e. The van der Waals surface area contributed by atoms with Gasteiger partial charge in [-0.25, -0.2) is 4.98 Å². The lowest BCUT2D eigenvalue weighted by molar-refractivity contribution is 0.102. The molecule has 6 heteroatoms. The molecule has 0 aliphatic heterocycles. The monoisotopic (exact) mass is 363 g/mol. The molecule has 2 aromatic carbocycles. The van der Waals surface area contributed by atoms with Gasteiger partial charge in [-0.15, -0.1) is 11.3 Å². The van der Waals surface area contributed by atoms with Crippen molar-refractivity contribution < 1.29 is 9.53 Å². The molecule has 1 amide bonds. The highest BCUT2D eigenvalue weighted by Gasteiger charge is 2.10. The molecule has 4 aromatic rings. The van der Waals surface area contributed by atoms with Crippen molar-refractivity contribution in [1.82, 2.24) is 9.38 Å². The number of ether oxygens (including phenoxy) is 1. The molecule has 0 radical (unpaired) electrons. The van der Waals surface area contributed by atoms with Gasteiger partial charge in [0.1, 0.15) is 5.75 Å². The van der Waals surface area contributed by atoms with Crippen molar-refractivity contribution in [3.63, 3.8) is 0 Å². The summed E-state index contributed by atoms with van der Waals surface area (Å²) in [6, 6.07) is 14.8. The molecule has 130 valence electrons. The largest absolute Gasteiger partial charge is 0.497 e. The number of methoxy groups -OCH3 is 1. The fourth-order valence-electron chi connectivity index (χ4n) is 2.77. The zero-order chi connectivity index (χ0) is 18.1. The molecule has 0 saturated heterocycles.